The highest BCUT2D eigenvalue weighted by atomic mass is 16.5. The second-order valence-electron chi connectivity index (χ2n) is 8.19. The van der Waals surface area contributed by atoms with Crippen LogP contribution < -0.4 is 9.47 Å². The van der Waals surface area contributed by atoms with E-state index in [0.29, 0.717) is 31.1 Å². The lowest BCUT2D eigenvalue weighted by Gasteiger charge is -2.25. The molecule has 0 unspecified atom stereocenters. The first-order valence-corrected chi connectivity index (χ1v) is 10.9. The zero-order chi connectivity index (χ0) is 23.4. The van der Waals surface area contributed by atoms with Crippen LogP contribution in [0, 0.1) is 5.92 Å². The van der Waals surface area contributed by atoms with E-state index < -0.39 is 5.92 Å². The van der Waals surface area contributed by atoms with Gasteiger partial charge in [-0.15, -0.1) is 0 Å². The van der Waals surface area contributed by atoms with E-state index in [0.717, 1.165) is 11.1 Å². The summed E-state index contributed by atoms with van der Waals surface area (Å²) in [6.45, 7) is 1.16. The number of methoxy groups -OCH3 is 2. The summed E-state index contributed by atoms with van der Waals surface area (Å²) in [6, 6.07) is 18.7. The minimum absolute atomic E-state index is 0.0246. The van der Waals surface area contributed by atoms with E-state index in [9.17, 15) is 9.59 Å². The van der Waals surface area contributed by atoms with Crippen LogP contribution in [0.4, 0.5) is 0 Å². The molecule has 0 saturated carbocycles. The summed E-state index contributed by atoms with van der Waals surface area (Å²) in [5.74, 6) is 0.661. The van der Waals surface area contributed by atoms with Gasteiger partial charge in [0.05, 0.1) is 26.4 Å². The summed E-state index contributed by atoms with van der Waals surface area (Å²) in [7, 11) is 5.00. The lowest BCUT2D eigenvalue weighted by molar-refractivity contribution is -0.134. The third kappa shape index (κ3) is 4.72. The topological polar surface area (TPSA) is 72.2 Å². The molecule has 33 heavy (non-hydrogen) atoms. The normalized spacial score (nSPS) is 17.6. The van der Waals surface area contributed by atoms with Gasteiger partial charge in [-0.25, -0.2) is 0 Å². The van der Waals surface area contributed by atoms with Gasteiger partial charge in [-0.2, -0.15) is 0 Å². The van der Waals surface area contributed by atoms with Crippen LogP contribution in [0.25, 0.3) is 0 Å². The third-order valence-corrected chi connectivity index (χ3v) is 6.13. The molecule has 7 nitrogen and oxygen atoms in total. The van der Waals surface area contributed by atoms with Gasteiger partial charge in [0.1, 0.15) is 11.5 Å². The number of hydrogen-bond donors (Lipinski definition) is 0. The molecule has 4 rings (SSSR count). The predicted molar refractivity (Wildman–Crippen MR) is 123 cm³/mol. The molecule has 1 saturated heterocycles. The van der Waals surface area contributed by atoms with Gasteiger partial charge < -0.3 is 23.7 Å². The van der Waals surface area contributed by atoms with Gasteiger partial charge >= 0.3 is 0 Å². The van der Waals surface area contributed by atoms with Gasteiger partial charge in [0, 0.05) is 38.2 Å². The number of carbonyl (C=O) groups is 2. The van der Waals surface area contributed by atoms with Crippen LogP contribution >= 0.6 is 0 Å². The van der Waals surface area contributed by atoms with Gasteiger partial charge in [0.15, 0.2) is 5.76 Å². The average Bonchev–Trinajstić information content (AvgIpc) is 3.54. The Morgan fingerprint density at radius 3 is 2.48 bits per heavy atom. The number of benzene rings is 2. The average molecular weight is 449 g/mol. The zero-order valence-corrected chi connectivity index (χ0v) is 19.1. The Kier molecular flexibility index (Phi) is 6.68. The maximum absolute atomic E-state index is 13.6. The number of likely N-dealkylation sites (tertiary alicyclic amines) is 1. The van der Waals surface area contributed by atoms with Crippen LogP contribution in [0.2, 0.25) is 0 Å². The van der Waals surface area contributed by atoms with Crippen LogP contribution in [0.3, 0.4) is 0 Å². The van der Waals surface area contributed by atoms with E-state index in [2.05, 4.69) is 0 Å². The molecule has 1 aliphatic heterocycles. The number of amides is 2. The van der Waals surface area contributed by atoms with Crippen LogP contribution in [0.15, 0.2) is 71.3 Å². The summed E-state index contributed by atoms with van der Waals surface area (Å²) in [6.07, 6.45) is 1.47. The van der Waals surface area contributed by atoms with E-state index in [1.807, 2.05) is 48.5 Å². The number of rotatable bonds is 7. The highest BCUT2D eigenvalue weighted by Crippen LogP contribution is 2.40. The van der Waals surface area contributed by atoms with Crippen LogP contribution in [-0.4, -0.2) is 56.0 Å². The lowest BCUT2D eigenvalue weighted by atomic mass is 9.87. The number of hydrogen-bond acceptors (Lipinski definition) is 5. The van der Waals surface area contributed by atoms with E-state index >= 15 is 0 Å². The monoisotopic (exact) mass is 448 g/mol. The van der Waals surface area contributed by atoms with Crippen molar-refractivity contribution in [1.82, 2.24) is 9.80 Å². The van der Waals surface area contributed by atoms with Crippen LogP contribution in [0.5, 0.6) is 11.5 Å². The van der Waals surface area contributed by atoms with Crippen molar-refractivity contribution in [2.45, 2.75) is 12.5 Å². The van der Waals surface area contributed by atoms with Crippen molar-refractivity contribution in [3.05, 3.63) is 83.8 Å². The van der Waals surface area contributed by atoms with Gasteiger partial charge in [-0.3, -0.25) is 9.59 Å². The molecule has 2 amide bonds. The Labute approximate surface area is 193 Å². The first-order chi connectivity index (χ1) is 16.0. The van der Waals surface area contributed by atoms with Crippen molar-refractivity contribution in [2.24, 2.45) is 5.92 Å². The fourth-order valence-electron chi connectivity index (χ4n) is 4.44. The molecule has 1 aromatic heterocycles. The summed E-state index contributed by atoms with van der Waals surface area (Å²) >= 11 is 0. The van der Waals surface area contributed by atoms with Crippen molar-refractivity contribution in [2.75, 3.05) is 34.4 Å². The maximum atomic E-state index is 13.6. The minimum atomic E-state index is -0.432. The molecule has 0 aliphatic carbocycles. The van der Waals surface area contributed by atoms with Crippen molar-refractivity contribution >= 4 is 11.8 Å². The first kappa shape index (κ1) is 22.5. The molecule has 0 N–H and O–H groups in total. The Bertz CT molecular complexity index is 1100. The van der Waals surface area contributed by atoms with Gasteiger partial charge in [0.25, 0.3) is 5.91 Å². The summed E-state index contributed by atoms with van der Waals surface area (Å²) in [4.78, 5) is 30.1. The summed E-state index contributed by atoms with van der Waals surface area (Å²) < 4.78 is 16.4. The highest BCUT2D eigenvalue weighted by Gasteiger charge is 2.43. The number of nitrogens with zero attached hydrogens (tertiary/aromatic N) is 2. The molecule has 2 atom stereocenters. The summed E-state index contributed by atoms with van der Waals surface area (Å²) in [5, 5.41) is 0. The molecular formula is C26H28N2O5. The summed E-state index contributed by atoms with van der Waals surface area (Å²) in [5.41, 5.74) is 1.89. The molecule has 1 fully saturated rings. The molecule has 7 heteroatoms. The number of ether oxygens (including phenoxy) is 2. The van der Waals surface area contributed by atoms with E-state index in [1.54, 1.807) is 43.2 Å². The fraction of sp³-hybridized carbons (Fsp3) is 0.308. The van der Waals surface area contributed by atoms with E-state index in [-0.39, 0.29) is 23.5 Å². The Balaban J connectivity index is 1.65. The van der Waals surface area contributed by atoms with E-state index in [1.165, 1.54) is 6.26 Å². The largest absolute Gasteiger partial charge is 0.497 e. The molecule has 172 valence electrons. The quantitative estimate of drug-likeness (QED) is 0.550. The Morgan fingerprint density at radius 1 is 1.03 bits per heavy atom. The van der Waals surface area contributed by atoms with E-state index in [4.69, 9.17) is 13.9 Å². The van der Waals surface area contributed by atoms with Crippen LogP contribution in [-0.2, 0) is 11.3 Å². The molecule has 2 aromatic carbocycles. The number of furan rings is 1. The van der Waals surface area contributed by atoms with Gasteiger partial charge in [0.2, 0.25) is 5.91 Å². The maximum Gasteiger partial charge on any atom is 0.289 e. The van der Waals surface area contributed by atoms with Crippen molar-refractivity contribution in [1.29, 1.82) is 0 Å². The second kappa shape index (κ2) is 9.81. The molecule has 0 bridgehead atoms. The molecule has 1 aliphatic rings. The SMILES string of the molecule is COc1ccc(OC)c([C@H]2CN(C(=O)c3ccco3)C[C@H]2C(=O)N(C)Cc2ccccc2)c1. The lowest BCUT2D eigenvalue weighted by Crippen LogP contribution is -2.36. The zero-order valence-electron chi connectivity index (χ0n) is 19.1. The third-order valence-electron chi connectivity index (χ3n) is 6.13. The fourth-order valence-corrected chi connectivity index (χ4v) is 4.44. The van der Waals surface area contributed by atoms with Gasteiger partial charge in [-0.05, 0) is 35.9 Å². The van der Waals surface area contributed by atoms with Crippen molar-refractivity contribution in [3.8, 4) is 11.5 Å². The van der Waals surface area contributed by atoms with Gasteiger partial charge in [-0.1, -0.05) is 30.3 Å². The molecule has 0 radical (unpaired) electrons. The molecule has 0 spiro atoms. The Morgan fingerprint density at radius 2 is 1.82 bits per heavy atom. The molecular weight excluding hydrogens is 420 g/mol. The molecule has 2 heterocycles. The first-order valence-electron chi connectivity index (χ1n) is 10.9. The standard InChI is InChI=1S/C26H28N2O5/c1-27(15-18-8-5-4-6-9-18)25(29)22-17-28(26(30)24-10-7-13-33-24)16-21(22)20-14-19(31-2)11-12-23(20)32-3/h4-14,21-22H,15-17H2,1-3H3/t21-,22-/m1/s1. The smallest absolute Gasteiger partial charge is 0.289 e. The minimum Gasteiger partial charge on any atom is -0.497 e. The highest BCUT2D eigenvalue weighted by molar-refractivity contribution is 5.93. The van der Waals surface area contributed by atoms with Crippen molar-refractivity contribution in [3.63, 3.8) is 0 Å². The second-order valence-corrected chi connectivity index (χ2v) is 8.19. The predicted octanol–water partition coefficient (Wildman–Crippen LogP) is 3.81. The Hall–Kier alpha value is -3.74. The molecule has 3 aromatic rings. The van der Waals surface area contributed by atoms with Crippen molar-refractivity contribution < 1.29 is 23.5 Å². The number of carbonyl (C=O) groups excluding carboxylic acids is 2. The van der Waals surface area contributed by atoms with Crippen LogP contribution in [0.1, 0.15) is 27.6 Å².